The summed E-state index contributed by atoms with van der Waals surface area (Å²) in [4.78, 5) is 2.10. The van der Waals surface area contributed by atoms with Crippen LogP contribution in [0.1, 0.15) is 0 Å². The van der Waals surface area contributed by atoms with E-state index in [1.165, 1.54) is 16.4 Å². The van der Waals surface area contributed by atoms with E-state index >= 15 is 0 Å². The fourth-order valence-corrected chi connectivity index (χ4v) is 4.48. The van der Waals surface area contributed by atoms with Gasteiger partial charge in [0.1, 0.15) is 5.82 Å². The summed E-state index contributed by atoms with van der Waals surface area (Å²) in [7, 11) is -3.62. The number of rotatable bonds is 3. The molecule has 1 aliphatic heterocycles. The maximum absolute atomic E-state index is 13.0. The van der Waals surface area contributed by atoms with Crippen molar-refractivity contribution in [2.75, 3.05) is 31.1 Å². The number of anilines is 1. The maximum Gasteiger partial charge on any atom is 0.243 e. The number of benzene rings is 2. The highest BCUT2D eigenvalue weighted by Gasteiger charge is 2.29. The Kier molecular flexibility index (Phi) is 5.01. The van der Waals surface area contributed by atoms with Crippen LogP contribution in [-0.2, 0) is 10.0 Å². The molecule has 0 aromatic heterocycles. The third-order valence-electron chi connectivity index (χ3n) is 3.94. The van der Waals surface area contributed by atoms with Gasteiger partial charge in [0.15, 0.2) is 0 Å². The van der Waals surface area contributed by atoms with Gasteiger partial charge in [-0.05, 0) is 42.5 Å². The van der Waals surface area contributed by atoms with Crippen LogP contribution in [0.5, 0.6) is 0 Å². The molecule has 1 heterocycles. The summed E-state index contributed by atoms with van der Waals surface area (Å²) < 4.78 is 39.6. The molecule has 128 valence electrons. The molecular weight excluding hydrogens is 374 g/mol. The minimum absolute atomic E-state index is 0.0955. The molecule has 1 fully saturated rings. The number of sulfonamides is 1. The SMILES string of the molecule is O=S(=O)(c1ccc(F)cc1)N1CCN(c2cc(Cl)ccc2Cl)CC1. The highest BCUT2D eigenvalue weighted by Crippen LogP contribution is 2.30. The minimum Gasteiger partial charge on any atom is -0.368 e. The quantitative estimate of drug-likeness (QED) is 0.805. The summed E-state index contributed by atoms with van der Waals surface area (Å²) in [5, 5.41) is 1.16. The summed E-state index contributed by atoms with van der Waals surface area (Å²) in [5.74, 6) is -0.464. The summed E-state index contributed by atoms with van der Waals surface area (Å²) in [6.45, 7) is 1.64. The van der Waals surface area contributed by atoms with Gasteiger partial charge in [0.05, 0.1) is 15.6 Å². The molecule has 8 heteroatoms. The average Bonchev–Trinajstić information content (AvgIpc) is 2.57. The van der Waals surface area contributed by atoms with Crippen molar-refractivity contribution in [2.45, 2.75) is 4.90 Å². The molecule has 24 heavy (non-hydrogen) atoms. The molecule has 0 bridgehead atoms. The Morgan fingerprint density at radius 2 is 1.54 bits per heavy atom. The first-order valence-electron chi connectivity index (χ1n) is 7.33. The molecule has 1 aliphatic rings. The molecule has 0 aliphatic carbocycles. The number of hydrogen-bond acceptors (Lipinski definition) is 3. The largest absolute Gasteiger partial charge is 0.368 e. The summed E-state index contributed by atoms with van der Waals surface area (Å²) in [6.07, 6.45) is 0. The van der Waals surface area contributed by atoms with Gasteiger partial charge in [0, 0.05) is 31.2 Å². The van der Waals surface area contributed by atoms with Crippen molar-refractivity contribution in [1.29, 1.82) is 0 Å². The lowest BCUT2D eigenvalue weighted by molar-refractivity contribution is 0.385. The first kappa shape index (κ1) is 17.5. The molecule has 2 aromatic rings. The number of halogens is 3. The summed E-state index contributed by atoms with van der Waals surface area (Å²) in [6, 6.07) is 10.1. The Hall–Kier alpha value is -1.34. The van der Waals surface area contributed by atoms with E-state index in [0.717, 1.165) is 17.8 Å². The van der Waals surface area contributed by atoms with Crippen LogP contribution < -0.4 is 4.90 Å². The van der Waals surface area contributed by atoms with E-state index in [0.29, 0.717) is 36.2 Å². The third-order valence-corrected chi connectivity index (χ3v) is 6.41. The molecule has 1 saturated heterocycles. The molecule has 0 amide bonds. The second kappa shape index (κ2) is 6.88. The lowest BCUT2D eigenvalue weighted by atomic mass is 10.2. The van der Waals surface area contributed by atoms with Crippen molar-refractivity contribution in [1.82, 2.24) is 4.31 Å². The number of hydrogen-bond donors (Lipinski definition) is 0. The first-order chi connectivity index (χ1) is 11.4. The van der Waals surface area contributed by atoms with Crippen molar-refractivity contribution in [3.05, 3.63) is 58.3 Å². The standard InChI is InChI=1S/C16H15Cl2FN2O2S/c17-12-1-6-15(18)16(11-12)20-7-9-21(10-8-20)24(22,23)14-4-2-13(19)3-5-14/h1-6,11H,7-10H2. The molecule has 3 rings (SSSR count). The predicted molar refractivity (Wildman–Crippen MR) is 93.8 cm³/mol. The van der Waals surface area contributed by atoms with Crippen LogP contribution >= 0.6 is 23.2 Å². The highest BCUT2D eigenvalue weighted by molar-refractivity contribution is 7.89. The second-order valence-electron chi connectivity index (χ2n) is 5.44. The second-order valence-corrected chi connectivity index (χ2v) is 8.22. The van der Waals surface area contributed by atoms with Crippen LogP contribution in [0.4, 0.5) is 10.1 Å². The van der Waals surface area contributed by atoms with Gasteiger partial charge in [-0.1, -0.05) is 23.2 Å². The Morgan fingerprint density at radius 3 is 2.17 bits per heavy atom. The molecular formula is C16H15Cl2FN2O2S. The molecule has 0 spiro atoms. The number of piperazine rings is 1. The zero-order valence-corrected chi connectivity index (χ0v) is 15.0. The van der Waals surface area contributed by atoms with Gasteiger partial charge in [0.25, 0.3) is 0 Å². The van der Waals surface area contributed by atoms with Crippen LogP contribution in [0.3, 0.4) is 0 Å². The van der Waals surface area contributed by atoms with E-state index in [2.05, 4.69) is 0 Å². The zero-order chi connectivity index (χ0) is 17.3. The Bertz CT molecular complexity index is 836. The fourth-order valence-electron chi connectivity index (χ4n) is 2.65. The molecule has 2 aromatic carbocycles. The van der Waals surface area contributed by atoms with Gasteiger partial charge in [-0.2, -0.15) is 4.31 Å². The molecule has 0 saturated carbocycles. The monoisotopic (exact) mass is 388 g/mol. The fraction of sp³-hybridized carbons (Fsp3) is 0.250. The van der Waals surface area contributed by atoms with E-state index in [9.17, 15) is 12.8 Å². The topological polar surface area (TPSA) is 40.6 Å². The lowest BCUT2D eigenvalue weighted by Crippen LogP contribution is -2.48. The Balaban J connectivity index is 1.75. The van der Waals surface area contributed by atoms with E-state index in [1.54, 1.807) is 18.2 Å². The average molecular weight is 389 g/mol. The van der Waals surface area contributed by atoms with Gasteiger partial charge < -0.3 is 4.90 Å². The Morgan fingerprint density at radius 1 is 0.917 bits per heavy atom. The van der Waals surface area contributed by atoms with E-state index < -0.39 is 15.8 Å². The van der Waals surface area contributed by atoms with E-state index in [-0.39, 0.29) is 4.90 Å². The van der Waals surface area contributed by atoms with Crippen molar-refractivity contribution in [2.24, 2.45) is 0 Å². The minimum atomic E-state index is -3.62. The van der Waals surface area contributed by atoms with Gasteiger partial charge in [-0.3, -0.25) is 0 Å². The van der Waals surface area contributed by atoms with Gasteiger partial charge in [-0.15, -0.1) is 0 Å². The molecule has 0 radical (unpaired) electrons. The first-order valence-corrected chi connectivity index (χ1v) is 9.53. The molecule has 4 nitrogen and oxygen atoms in total. The van der Waals surface area contributed by atoms with Gasteiger partial charge >= 0.3 is 0 Å². The lowest BCUT2D eigenvalue weighted by Gasteiger charge is -2.35. The van der Waals surface area contributed by atoms with Crippen LogP contribution in [0, 0.1) is 5.82 Å². The predicted octanol–water partition coefficient (Wildman–Crippen LogP) is 3.64. The van der Waals surface area contributed by atoms with Crippen molar-refractivity contribution < 1.29 is 12.8 Å². The van der Waals surface area contributed by atoms with Crippen molar-refractivity contribution in [3.8, 4) is 0 Å². The normalized spacial score (nSPS) is 16.4. The Labute approximate surface area is 150 Å². The molecule has 0 N–H and O–H groups in total. The zero-order valence-electron chi connectivity index (χ0n) is 12.6. The van der Waals surface area contributed by atoms with Crippen LogP contribution in [0.2, 0.25) is 10.0 Å². The molecule has 0 unspecified atom stereocenters. The van der Waals surface area contributed by atoms with Crippen LogP contribution in [0.15, 0.2) is 47.4 Å². The van der Waals surface area contributed by atoms with Crippen molar-refractivity contribution in [3.63, 3.8) is 0 Å². The highest BCUT2D eigenvalue weighted by atomic mass is 35.5. The number of nitrogens with zero attached hydrogens (tertiary/aromatic N) is 2. The van der Waals surface area contributed by atoms with E-state index in [4.69, 9.17) is 23.2 Å². The van der Waals surface area contributed by atoms with Gasteiger partial charge in [-0.25, -0.2) is 12.8 Å². The molecule has 0 atom stereocenters. The smallest absolute Gasteiger partial charge is 0.243 e. The van der Waals surface area contributed by atoms with Crippen molar-refractivity contribution >= 4 is 38.9 Å². The third kappa shape index (κ3) is 3.52. The van der Waals surface area contributed by atoms with Gasteiger partial charge in [0.2, 0.25) is 10.0 Å². The van der Waals surface area contributed by atoms with Crippen LogP contribution in [-0.4, -0.2) is 38.9 Å². The maximum atomic E-state index is 13.0. The summed E-state index contributed by atoms with van der Waals surface area (Å²) >= 11 is 12.2. The summed E-state index contributed by atoms with van der Waals surface area (Å²) in [5.41, 5.74) is 0.794. The van der Waals surface area contributed by atoms with E-state index in [1.807, 2.05) is 4.90 Å². The van der Waals surface area contributed by atoms with Crippen LogP contribution in [0.25, 0.3) is 0 Å².